The van der Waals surface area contributed by atoms with Crippen molar-refractivity contribution in [2.24, 2.45) is 5.73 Å². The molecule has 29 heavy (non-hydrogen) atoms. The molecule has 148 valence electrons. The van der Waals surface area contributed by atoms with Gasteiger partial charge in [-0.1, -0.05) is 24.3 Å². The Morgan fingerprint density at radius 3 is 2.48 bits per heavy atom. The standard InChI is InChI=1S/C23H24N4O2/c1-29-20-9-5-4-8-19(20)22-17-6-2-3-7-18(17)23(27-26-22)25-16-12-10-15(11-13-16)14-21(24)28/h4-5,8-13H,2-3,6-7,14H2,1H3,(H2,24,28)(H,25,27). The summed E-state index contributed by atoms with van der Waals surface area (Å²) in [6.45, 7) is 0. The zero-order chi connectivity index (χ0) is 20.2. The molecule has 1 aromatic heterocycles. The number of carbonyl (C=O) groups is 1. The van der Waals surface area contributed by atoms with Crippen LogP contribution in [0.5, 0.6) is 5.75 Å². The number of ether oxygens (including phenoxy) is 1. The van der Waals surface area contributed by atoms with Gasteiger partial charge in [-0.2, -0.15) is 0 Å². The molecule has 0 unspecified atom stereocenters. The largest absolute Gasteiger partial charge is 0.496 e. The Hall–Kier alpha value is -3.41. The van der Waals surface area contributed by atoms with Crippen LogP contribution >= 0.6 is 0 Å². The van der Waals surface area contributed by atoms with E-state index in [0.717, 1.165) is 59.8 Å². The molecular weight excluding hydrogens is 364 g/mol. The van der Waals surface area contributed by atoms with Gasteiger partial charge in [-0.15, -0.1) is 10.2 Å². The number of hydrogen-bond acceptors (Lipinski definition) is 5. The van der Waals surface area contributed by atoms with E-state index in [0.29, 0.717) is 0 Å². The molecule has 3 N–H and O–H groups in total. The molecule has 0 saturated carbocycles. The molecule has 0 spiro atoms. The number of nitrogens with two attached hydrogens (primary N) is 1. The Morgan fingerprint density at radius 1 is 1.03 bits per heavy atom. The van der Waals surface area contributed by atoms with Crippen LogP contribution in [0.15, 0.2) is 48.5 Å². The van der Waals surface area contributed by atoms with E-state index in [-0.39, 0.29) is 12.3 Å². The lowest BCUT2D eigenvalue weighted by Gasteiger charge is -2.22. The second kappa shape index (κ2) is 8.31. The topological polar surface area (TPSA) is 90.1 Å². The van der Waals surface area contributed by atoms with Crippen LogP contribution in [0.2, 0.25) is 0 Å². The van der Waals surface area contributed by atoms with Crippen LogP contribution in [0.25, 0.3) is 11.3 Å². The second-order valence-corrected chi connectivity index (χ2v) is 7.23. The number of hydrogen-bond donors (Lipinski definition) is 2. The third-order valence-electron chi connectivity index (χ3n) is 5.25. The van der Waals surface area contributed by atoms with Crippen molar-refractivity contribution in [3.8, 4) is 17.0 Å². The molecule has 3 aromatic rings. The number of para-hydroxylation sites is 1. The smallest absolute Gasteiger partial charge is 0.221 e. The van der Waals surface area contributed by atoms with Crippen LogP contribution in [0, 0.1) is 0 Å². The average molecular weight is 388 g/mol. The van der Waals surface area contributed by atoms with E-state index >= 15 is 0 Å². The number of aromatic nitrogens is 2. The first-order valence-electron chi connectivity index (χ1n) is 9.82. The summed E-state index contributed by atoms with van der Waals surface area (Å²) in [6, 6.07) is 15.6. The van der Waals surface area contributed by atoms with E-state index in [1.165, 1.54) is 11.1 Å². The van der Waals surface area contributed by atoms with Crippen molar-refractivity contribution in [2.75, 3.05) is 12.4 Å². The molecule has 0 aliphatic heterocycles. The van der Waals surface area contributed by atoms with E-state index in [2.05, 4.69) is 15.5 Å². The molecule has 0 saturated heterocycles. The number of amides is 1. The summed E-state index contributed by atoms with van der Waals surface area (Å²) in [7, 11) is 1.68. The maximum atomic E-state index is 11.1. The number of carbonyl (C=O) groups excluding carboxylic acids is 1. The fourth-order valence-electron chi connectivity index (χ4n) is 3.85. The number of rotatable bonds is 6. The molecule has 0 bridgehead atoms. The van der Waals surface area contributed by atoms with Crippen LogP contribution in [0.4, 0.5) is 11.5 Å². The lowest BCUT2D eigenvalue weighted by molar-refractivity contribution is -0.117. The highest BCUT2D eigenvalue weighted by atomic mass is 16.5. The number of benzene rings is 2. The summed E-state index contributed by atoms with van der Waals surface area (Å²) >= 11 is 0. The molecule has 2 aromatic carbocycles. The van der Waals surface area contributed by atoms with Crippen LogP contribution in [0.3, 0.4) is 0 Å². The summed E-state index contributed by atoms with van der Waals surface area (Å²) in [5.41, 5.74) is 11.4. The van der Waals surface area contributed by atoms with Crippen molar-refractivity contribution < 1.29 is 9.53 Å². The summed E-state index contributed by atoms with van der Waals surface area (Å²) in [5.74, 6) is 1.26. The molecular formula is C23H24N4O2. The lowest BCUT2D eigenvalue weighted by atomic mass is 9.89. The molecule has 6 nitrogen and oxygen atoms in total. The summed E-state index contributed by atoms with van der Waals surface area (Å²) < 4.78 is 5.54. The summed E-state index contributed by atoms with van der Waals surface area (Å²) in [6.07, 6.45) is 4.46. The first-order chi connectivity index (χ1) is 14.2. The van der Waals surface area contributed by atoms with Gasteiger partial charge in [0.2, 0.25) is 5.91 Å². The predicted octanol–water partition coefficient (Wildman–Crippen LogP) is 3.80. The van der Waals surface area contributed by atoms with Crippen molar-refractivity contribution in [1.29, 1.82) is 0 Å². The number of primary amides is 1. The van der Waals surface area contributed by atoms with Crippen molar-refractivity contribution >= 4 is 17.4 Å². The molecule has 4 rings (SSSR count). The van der Waals surface area contributed by atoms with E-state index in [4.69, 9.17) is 10.5 Å². The first kappa shape index (κ1) is 18.9. The minimum atomic E-state index is -0.336. The van der Waals surface area contributed by atoms with Crippen molar-refractivity contribution in [3.05, 3.63) is 65.2 Å². The number of anilines is 2. The van der Waals surface area contributed by atoms with Crippen LogP contribution in [-0.4, -0.2) is 23.2 Å². The molecule has 1 aliphatic rings. The van der Waals surface area contributed by atoms with Crippen LogP contribution in [0.1, 0.15) is 29.5 Å². The number of fused-ring (bicyclic) bond motifs is 1. The normalized spacial score (nSPS) is 12.9. The van der Waals surface area contributed by atoms with Crippen molar-refractivity contribution in [1.82, 2.24) is 10.2 Å². The quantitative estimate of drug-likeness (QED) is 0.670. The van der Waals surface area contributed by atoms with Gasteiger partial charge < -0.3 is 15.8 Å². The molecule has 1 aliphatic carbocycles. The molecule has 0 radical (unpaired) electrons. The third kappa shape index (κ3) is 4.06. The van der Waals surface area contributed by atoms with Crippen molar-refractivity contribution in [2.45, 2.75) is 32.1 Å². The Labute approximate surface area is 170 Å². The van der Waals surface area contributed by atoms with E-state index in [1.807, 2.05) is 48.5 Å². The minimum absolute atomic E-state index is 0.239. The highest BCUT2D eigenvalue weighted by Crippen LogP contribution is 2.37. The molecule has 1 heterocycles. The zero-order valence-electron chi connectivity index (χ0n) is 16.4. The minimum Gasteiger partial charge on any atom is -0.496 e. The van der Waals surface area contributed by atoms with Gasteiger partial charge in [-0.25, -0.2) is 0 Å². The lowest BCUT2D eigenvalue weighted by Crippen LogP contribution is -2.13. The summed E-state index contributed by atoms with van der Waals surface area (Å²) in [4.78, 5) is 11.1. The first-order valence-corrected chi connectivity index (χ1v) is 9.82. The van der Waals surface area contributed by atoms with Gasteiger partial charge in [-0.3, -0.25) is 4.79 Å². The Bertz CT molecular complexity index is 1030. The molecule has 6 heteroatoms. The maximum absolute atomic E-state index is 11.1. The molecule has 0 fully saturated rings. The molecule has 1 amide bonds. The third-order valence-corrected chi connectivity index (χ3v) is 5.25. The highest BCUT2D eigenvalue weighted by molar-refractivity contribution is 5.77. The van der Waals surface area contributed by atoms with Crippen LogP contribution < -0.4 is 15.8 Å². The van der Waals surface area contributed by atoms with Gasteiger partial charge in [0.05, 0.1) is 13.5 Å². The number of nitrogens with zero attached hydrogens (tertiary/aromatic N) is 2. The Kier molecular flexibility index (Phi) is 5.42. The highest BCUT2D eigenvalue weighted by Gasteiger charge is 2.22. The SMILES string of the molecule is COc1ccccc1-c1nnc(Nc2ccc(CC(N)=O)cc2)c2c1CCCC2. The van der Waals surface area contributed by atoms with Crippen LogP contribution in [-0.2, 0) is 24.1 Å². The van der Waals surface area contributed by atoms with Gasteiger partial charge in [0.1, 0.15) is 11.4 Å². The van der Waals surface area contributed by atoms with E-state index in [9.17, 15) is 4.79 Å². The predicted molar refractivity (Wildman–Crippen MR) is 113 cm³/mol. The maximum Gasteiger partial charge on any atom is 0.221 e. The van der Waals surface area contributed by atoms with Gasteiger partial charge in [0.25, 0.3) is 0 Å². The monoisotopic (exact) mass is 388 g/mol. The van der Waals surface area contributed by atoms with Gasteiger partial charge in [0.15, 0.2) is 5.82 Å². The zero-order valence-corrected chi connectivity index (χ0v) is 16.4. The van der Waals surface area contributed by atoms with Crippen molar-refractivity contribution in [3.63, 3.8) is 0 Å². The van der Waals surface area contributed by atoms with E-state index in [1.54, 1.807) is 7.11 Å². The molecule has 0 atom stereocenters. The second-order valence-electron chi connectivity index (χ2n) is 7.23. The van der Waals surface area contributed by atoms with Gasteiger partial charge >= 0.3 is 0 Å². The summed E-state index contributed by atoms with van der Waals surface area (Å²) in [5, 5.41) is 12.5. The van der Waals surface area contributed by atoms with Gasteiger partial charge in [0, 0.05) is 16.8 Å². The van der Waals surface area contributed by atoms with E-state index < -0.39 is 0 Å². The average Bonchev–Trinajstić information content (AvgIpc) is 2.75. The fourth-order valence-corrected chi connectivity index (χ4v) is 3.85. The Balaban J connectivity index is 1.68. The van der Waals surface area contributed by atoms with Gasteiger partial charge in [-0.05, 0) is 61.1 Å². The fraction of sp³-hybridized carbons (Fsp3) is 0.261. The number of methoxy groups -OCH3 is 1. The Morgan fingerprint density at radius 2 is 1.76 bits per heavy atom. The number of nitrogens with one attached hydrogen (secondary N) is 1.